The molecule has 0 radical (unpaired) electrons. The van der Waals surface area contributed by atoms with E-state index in [1.165, 1.54) is 11.3 Å². The summed E-state index contributed by atoms with van der Waals surface area (Å²) in [6.45, 7) is 5.37. The third-order valence-corrected chi connectivity index (χ3v) is 6.04. The van der Waals surface area contributed by atoms with Crippen LogP contribution in [0.15, 0.2) is 66.7 Å². The molecule has 0 aromatic heterocycles. The average Bonchev–Trinajstić information content (AvgIpc) is 2.84. The fourth-order valence-electron chi connectivity index (χ4n) is 4.19. The number of anilines is 3. The number of nitrogens with one attached hydrogen (secondary N) is 1. The molecular weight excluding hydrogens is 430 g/mol. The highest BCUT2D eigenvalue weighted by molar-refractivity contribution is 6.01. The van der Waals surface area contributed by atoms with Crippen LogP contribution in [0.3, 0.4) is 0 Å². The second kappa shape index (κ2) is 10.3. The molecule has 1 amide bonds. The number of benzene rings is 3. The van der Waals surface area contributed by atoms with E-state index in [1.807, 2.05) is 18.2 Å². The molecule has 3 aromatic carbocycles. The summed E-state index contributed by atoms with van der Waals surface area (Å²) >= 11 is 0. The van der Waals surface area contributed by atoms with Crippen molar-refractivity contribution >= 4 is 28.9 Å². The van der Waals surface area contributed by atoms with Crippen LogP contribution in [0.5, 0.6) is 5.75 Å². The van der Waals surface area contributed by atoms with Crippen LogP contribution in [0.2, 0.25) is 0 Å². The van der Waals surface area contributed by atoms with Crippen molar-refractivity contribution in [3.8, 4) is 5.75 Å². The van der Waals surface area contributed by atoms with Gasteiger partial charge in [-0.2, -0.15) is 0 Å². The molecule has 1 aliphatic rings. The molecule has 0 aliphatic carbocycles. The van der Waals surface area contributed by atoms with E-state index in [1.54, 1.807) is 31.4 Å². The number of carbonyl (C=O) groups is 2. The topological polar surface area (TPSA) is 82.1 Å². The minimum atomic E-state index is -1.07. The zero-order valence-electron chi connectivity index (χ0n) is 19.5. The second-order valence-corrected chi connectivity index (χ2v) is 8.42. The SMILES string of the molecule is COc1ccc(CC(=O)Nc2ccc(N3CCN(c4cccc(C)c4)CC3)cc2C(=O)O)cc1. The number of carboxylic acid groups (broad SMARTS) is 1. The first-order valence-electron chi connectivity index (χ1n) is 11.3. The van der Waals surface area contributed by atoms with Crippen molar-refractivity contribution < 1.29 is 19.4 Å². The van der Waals surface area contributed by atoms with E-state index in [0.717, 1.165) is 37.4 Å². The second-order valence-electron chi connectivity index (χ2n) is 8.42. The Hall–Kier alpha value is -4.00. The number of rotatable bonds is 7. The largest absolute Gasteiger partial charge is 0.497 e. The molecule has 1 fully saturated rings. The lowest BCUT2D eigenvalue weighted by Crippen LogP contribution is -2.46. The molecule has 7 heteroatoms. The summed E-state index contributed by atoms with van der Waals surface area (Å²) in [5, 5.41) is 12.5. The van der Waals surface area contributed by atoms with E-state index in [9.17, 15) is 14.7 Å². The molecule has 1 aliphatic heterocycles. The lowest BCUT2D eigenvalue weighted by Gasteiger charge is -2.37. The number of nitrogens with zero attached hydrogens (tertiary/aromatic N) is 2. The van der Waals surface area contributed by atoms with Crippen molar-refractivity contribution in [2.24, 2.45) is 0 Å². The van der Waals surface area contributed by atoms with Gasteiger partial charge in [0.1, 0.15) is 5.75 Å². The van der Waals surface area contributed by atoms with Crippen LogP contribution >= 0.6 is 0 Å². The van der Waals surface area contributed by atoms with Gasteiger partial charge in [-0.1, -0.05) is 24.3 Å². The van der Waals surface area contributed by atoms with Crippen LogP contribution in [-0.2, 0) is 11.2 Å². The van der Waals surface area contributed by atoms with Gasteiger partial charge in [0.25, 0.3) is 0 Å². The van der Waals surface area contributed by atoms with Crippen molar-refractivity contribution in [3.05, 3.63) is 83.4 Å². The van der Waals surface area contributed by atoms with E-state index in [2.05, 4.69) is 46.3 Å². The molecule has 0 unspecified atom stereocenters. The van der Waals surface area contributed by atoms with Gasteiger partial charge in [-0.3, -0.25) is 4.79 Å². The van der Waals surface area contributed by atoms with Gasteiger partial charge in [-0.25, -0.2) is 4.79 Å². The van der Waals surface area contributed by atoms with E-state index < -0.39 is 5.97 Å². The van der Waals surface area contributed by atoms with E-state index in [-0.39, 0.29) is 17.9 Å². The number of methoxy groups -OCH3 is 1. The third kappa shape index (κ3) is 5.49. The lowest BCUT2D eigenvalue weighted by molar-refractivity contribution is -0.115. The first kappa shape index (κ1) is 23.2. The number of aromatic carboxylic acids is 1. The first-order chi connectivity index (χ1) is 16.4. The predicted octanol–water partition coefficient (Wildman–Crippen LogP) is 4.21. The van der Waals surface area contributed by atoms with Gasteiger partial charge in [-0.15, -0.1) is 0 Å². The fourth-order valence-corrected chi connectivity index (χ4v) is 4.19. The van der Waals surface area contributed by atoms with Crippen LogP contribution in [-0.4, -0.2) is 50.3 Å². The highest BCUT2D eigenvalue weighted by atomic mass is 16.5. The Morgan fingerprint density at radius 1 is 0.912 bits per heavy atom. The Balaban J connectivity index is 1.42. The number of amides is 1. The van der Waals surface area contributed by atoms with Crippen LogP contribution < -0.4 is 19.9 Å². The van der Waals surface area contributed by atoms with Crippen molar-refractivity contribution in [1.82, 2.24) is 0 Å². The molecule has 1 saturated heterocycles. The smallest absolute Gasteiger partial charge is 0.337 e. The molecule has 4 rings (SSSR count). The standard InChI is InChI=1S/C27H29N3O4/c1-19-4-3-5-21(16-19)29-12-14-30(15-13-29)22-8-11-25(24(18-22)27(32)33)28-26(31)17-20-6-9-23(34-2)10-7-20/h3-11,16,18H,12-15,17H2,1-2H3,(H,28,31)(H,32,33). The van der Waals surface area contributed by atoms with Gasteiger partial charge in [0.15, 0.2) is 0 Å². The minimum absolute atomic E-state index is 0.0849. The summed E-state index contributed by atoms with van der Waals surface area (Å²) in [5.74, 6) is -0.625. The molecule has 0 atom stereocenters. The van der Waals surface area contributed by atoms with Crippen molar-refractivity contribution in [2.45, 2.75) is 13.3 Å². The maximum absolute atomic E-state index is 12.5. The monoisotopic (exact) mass is 459 g/mol. The van der Waals surface area contributed by atoms with Crippen LogP contribution in [0.4, 0.5) is 17.1 Å². The number of carbonyl (C=O) groups excluding carboxylic acids is 1. The van der Waals surface area contributed by atoms with Gasteiger partial charge < -0.3 is 25.0 Å². The van der Waals surface area contributed by atoms with Crippen molar-refractivity contribution in [2.75, 3.05) is 48.4 Å². The summed E-state index contributed by atoms with van der Waals surface area (Å²) in [6, 6.07) is 20.9. The molecule has 176 valence electrons. The maximum atomic E-state index is 12.5. The summed E-state index contributed by atoms with van der Waals surface area (Å²) in [6.07, 6.45) is 0.145. The Kier molecular flexibility index (Phi) is 7.01. The van der Waals surface area contributed by atoms with Crippen LogP contribution in [0.25, 0.3) is 0 Å². The highest BCUT2D eigenvalue weighted by Crippen LogP contribution is 2.26. The molecule has 0 bridgehead atoms. The van der Waals surface area contributed by atoms with E-state index in [4.69, 9.17) is 4.74 Å². The Bertz CT molecular complexity index is 1170. The minimum Gasteiger partial charge on any atom is -0.497 e. The molecule has 34 heavy (non-hydrogen) atoms. The normalized spacial score (nSPS) is 13.5. The first-order valence-corrected chi connectivity index (χ1v) is 11.3. The number of hydrogen-bond donors (Lipinski definition) is 2. The quantitative estimate of drug-likeness (QED) is 0.551. The highest BCUT2D eigenvalue weighted by Gasteiger charge is 2.20. The van der Waals surface area contributed by atoms with Crippen LogP contribution in [0.1, 0.15) is 21.5 Å². The molecule has 1 heterocycles. The Labute approximate surface area is 199 Å². The number of aryl methyl sites for hydroxylation is 1. The fraction of sp³-hybridized carbons (Fsp3) is 0.259. The van der Waals surface area contributed by atoms with Gasteiger partial charge in [0.05, 0.1) is 24.8 Å². The molecule has 0 saturated carbocycles. The molecule has 2 N–H and O–H groups in total. The predicted molar refractivity (Wildman–Crippen MR) is 134 cm³/mol. The Morgan fingerprint density at radius 3 is 2.15 bits per heavy atom. The van der Waals surface area contributed by atoms with Crippen molar-refractivity contribution in [3.63, 3.8) is 0 Å². The van der Waals surface area contributed by atoms with Gasteiger partial charge >= 0.3 is 5.97 Å². The molecule has 3 aromatic rings. The van der Waals surface area contributed by atoms with Gasteiger partial charge in [0.2, 0.25) is 5.91 Å². The van der Waals surface area contributed by atoms with E-state index in [0.29, 0.717) is 11.4 Å². The number of carboxylic acids is 1. The lowest BCUT2D eigenvalue weighted by atomic mass is 10.1. The number of hydrogen-bond acceptors (Lipinski definition) is 5. The summed E-state index contributed by atoms with van der Waals surface area (Å²) < 4.78 is 5.13. The maximum Gasteiger partial charge on any atom is 0.337 e. The summed E-state index contributed by atoms with van der Waals surface area (Å²) in [4.78, 5) is 29.0. The van der Waals surface area contributed by atoms with Crippen LogP contribution in [0, 0.1) is 6.92 Å². The third-order valence-electron chi connectivity index (χ3n) is 6.04. The average molecular weight is 460 g/mol. The summed E-state index contributed by atoms with van der Waals surface area (Å²) in [7, 11) is 1.59. The van der Waals surface area contributed by atoms with Gasteiger partial charge in [-0.05, 0) is 60.5 Å². The Morgan fingerprint density at radius 2 is 1.56 bits per heavy atom. The zero-order chi connectivity index (χ0) is 24.1. The van der Waals surface area contributed by atoms with E-state index >= 15 is 0 Å². The molecular formula is C27H29N3O4. The zero-order valence-corrected chi connectivity index (χ0v) is 19.5. The number of ether oxygens (including phenoxy) is 1. The molecule has 0 spiro atoms. The molecule has 7 nitrogen and oxygen atoms in total. The van der Waals surface area contributed by atoms with Crippen molar-refractivity contribution in [1.29, 1.82) is 0 Å². The number of piperazine rings is 1. The van der Waals surface area contributed by atoms with Gasteiger partial charge in [0, 0.05) is 37.6 Å². The summed E-state index contributed by atoms with van der Waals surface area (Å²) in [5.41, 5.74) is 4.49.